The number of benzene rings is 2. The third-order valence-corrected chi connectivity index (χ3v) is 3.67. The van der Waals surface area contributed by atoms with Crippen molar-refractivity contribution < 1.29 is 4.42 Å². The fourth-order valence-electron chi connectivity index (χ4n) is 1.89. The van der Waals surface area contributed by atoms with Crippen molar-refractivity contribution in [2.45, 2.75) is 0 Å². The molecule has 0 fully saturated rings. The topological polar surface area (TPSA) is 26.0 Å². The molecule has 0 unspecified atom stereocenters. The lowest BCUT2D eigenvalue weighted by molar-refractivity contribution is 0.542. The van der Waals surface area contributed by atoms with Crippen LogP contribution in [0, 0.1) is 0 Å². The largest absolute Gasteiger partial charge is 0.430 e. The third kappa shape index (κ3) is 2.75. The number of aromatic nitrogens is 1. The summed E-state index contributed by atoms with van der Waals surface area (Å²) in [7, 11) is 0. The van der Waals surface area contributed by atoms with Crippen molar-refractivity contribution in [2.24, 2.45) is 0 Å². The number of halogens is 3. The van der Waals surface area contributed by atoms with E-state index in [1.807, 2.05) is 48.5 Å². The second kappa shape index (κ2) is 5.60. The quantitative estimate of drug-likeness (QED) is 0.547. The van der Waals surface area contributed by atoms with E-state index in [9.17, 15) is 0 Å². The van der Waals surface area contributed by atoms with Gasteiger partial charge in [0.05, 0.1) is 0 Å². The van der Waals surface area contributed by atoms with E-state index in [0.29, 0.717) is 20.6 Å². The molecule has 0 saturated carbocycles. The van der Waals surface area contributed by atoms with Crippen molar-refractivity contribution in [1.29, 1.82) is 0 Å². The highest BCUT2D eigenvalue weighted by Gasteiger charge is 2.15. The van der Waals surface area contributed by atoms with Crippen LogP contribution in [-0.4, -0.2) is 4.98 Å². The van der Waals surface area contributed by atoms with Crippen LogP contribution < -0.4 is 0 Å². The Kier molecular flexibility index (Phi) is 3.83. The van der Waals surface area contributed by atoms with Crippen LogP contribution in [0.4, 0.5) is 0 Å². The highest BCUT2D eigenvalue weighted by atomic mass is 79.9. The van der Waals surface area contributed by atoms with Gasteiger partial charge in [-0.15, -0.1) is 0 Å². The van der Waals surface area contributed by atoms with E-state index < -0.39 is 0 Å². The molecule has 2 nitrogen and oxygen atoms in total. The summed E-state index contributed by atoms with van der Waals surface area (Å²) in [5.74, 6) is 0.691. The molecule has 5 heteroatoms. The molecule has 3 aromatic rings. The number of oxazole rings is 1. The predicted molar refractivity (Wildman–Crippen MR) is 85.1 cm³/mol. The molecular weight excluding hydrogens is 361 g/mol. The van der Waals surface area contributed by atoms with Gasteiger partial charge in [0.15, 0.2) is 5.76 Å². The Hall–Kier alpha value is -1.29. The molecule has 0 N–H and O–H groups in total. The molecule has 3 rings (SSSR count). The van der Waals surface area contributed by atoms with Gasteiger partial charge in [0.25, 0.3) is 4.80 Å². The Morgan fingerprint density at radius 1 is 0.800 bits per heavy atom. The first-order chi connectivity index (χ1) is 9.63. The molecule has 0 aliphatic rings. The van der Waals surface area contributed by atoms with E-state index >= 15 is 0 Å². The van der Waals surface area contributed by atoms with Gasteiger partial charge in [-0.1, -0.05) is 35.3 Å². The number of hydrogen-bond donors (Lipinski definition) is 0. The molecule has 0 saturated heterocycles. The van der Waals surface area contributed by atoms with Crippen LogP contribution >= 0.6 is 39.1 Å². The van der Waals surface area contributed by atoms with E-state index in [4.69, 9.17) is 27.6 Å². The van der Waals surface area contributed by atoms with E-state index in [1.165, 1.54) is 0 Å². The van der Waals surface area contributed by atoms with Crippen LogP contribution in [0.5, 0.6) is 0 Å². The lowest BCUT2D eigenvalue weighted by Gasteiger charge is -2.02. The number of nitrogens with zero attached hydrogens (tertiary/aromatic N) is 1. The Labute approximate surface area is 134 Å². The van der Waals surface area contributed by atoms with Crippen molar-refractivity contribution in [3.8, 4) is 22.6 Å². The minimum Gasteiger partial charge on any atom is -0.430 e. The molecular formula is C15H8BrCl2NO. The molecule has 0 radical (unpaired) electrons. The van der Waals surface area contributed by atoms with Gasteiger partial charge < -0.3 is 4.42 Å². The van der Waals surface area contributed by atoms with Gasteiger partial charge in [0, 0.05) is 37.1 Å². The summed E-state index contributed by atoms with van der Waals surface area (Å²) in [5.41, 5.74) is 2.61. The van der Waals surface area contributed by atoms with Crippen molar-refractivity contribution in [3.05, 3.63) is 63.4 Å². The molecule has 2 aromatic carbocycles. The third-order valence-electron chi connectivity index (χ3n) is 2.83. The van der Waals surface area contributed by atoms with Crippen molar-refractivity contribution >= 4 is 39.1 Å². The van der Waals surface area contributed by atoms with Gasteiger partial charge in [0.2, 0.25) is 0 Å². The summed E-state index contributed by atoms with van der Waals surface area (Å²) >= 11 is 15.1. The fraction of sp³-hybridized carbons (Fsp3) is 0. The molecule has 1 heterocycles. The molecule has 0 aliphatic carbocycles. The van der Waals surface area contributed by atoms with Gasteiger partial charge in [-0.2, -0.15) is 0 Å². The summed E-state index contributed by atoms with van der Waals surface area (Å²) in [6.45, 7) is 0. The zero-order chi connectivity index (χ0) is 14.1. The Morgan fingerprint density at radius 2 is 1.30 bits per heavy atom. The monoisotopic (exact) mass is 367 g/mol. The van der Waals surface area contributed by atoms with Gasteiger partial charge in [-0.05, 0) is 36.4 Å². The standard InChI is InChI=1S/C15H8BrCl2NO/c16-15-19-13(9-1-5-11(17)6-2-9)14(20-15)10-3-7-12(18)8-4-10/h1-8H. The molecule has 0 bridgehead atoms. The maximum Gasteiger partial charge on any atom is 0.265 e. The number of rotatable bonds is 2. The highest BCUT2D eigenvalue weighted by molar-refractivity contribution is 9.10. The summed E-state index contributed by atoms with van der Waals surface area (Å²) in [4.78, 5) is 4.82. The maximum atomic E-state index is 5.91. The highest BCUT2D eigenvalue weighted by Crippen LogP contribution is 2.35. The summed E-state index contributed by atoms with van der Waals surface area (Å²) in [6.07, 6.45) is 0. The Balaban J connectivity index is 2.12. The van der Waals surface area contributed by atoms with Crippen molar-refractivity contribution in [1.82, 2.24) is 4.98 Å². The predicted octanol–water partition coefficient (Wildman–Crippen LogP) is 6.08. The van der Waals surface area contributed by atoms with Gasteiger partial charge in [-0.3, -0.25) is 0 Å². The summed E-state index contributed by atoms with van der Waals surface area (Å²) < 4.78 is 5.65. The van der Waals surface area contributed by atoms with E-state index in [-0.39, 0.29) is 0 Å². The van der Waals surface area contributed by atoms with Crippen LogP contribution in [0.3, 0.4) is 0 Å². The van der Waals surface area contributed by atoms with Crippen LogP contribution in [0.2, 0.25) is 10.0 Å². The molecule has 0 aliphatic heterocycles. The van der Waals surface area contributed by atoms with Crippen LogP contribution in [-0.2, 0) is 0 Å². The zero-order valence-corrected chi connectivity index (χ0v) is 13.2. The normalized spacial score (nSPS) is 10.8. The average Bonchev–Trinajstić information content (AvgIpc) is 2.82. The van der Waals surface area contributed by atoms with Gasteiger partial charge in [0.1, 0.15) is 5.69 Å². The first-order valence-electron chi connectivity index (χ1n) is 5.82. The lowest BCUT2D eigenvalue weighted by Crippen LogP contribution is -1.82. The van der Waals surface area contributed by atoms with Gasteiger partial charge >= 0.3 is 0 Å². The summed E-state index contributed by atoms with van der Waals surface area (Å²) in [5, 5.41) is 1.37. The lowest BCUT2D eigenvalue weighted by atomic mass is 10.1. The van der Waals surface area contributed by atoms with Crippen molar-refractivity contribution in [2.75, 3.05) is 0 Å². The minimum absolute atomic E-state index is 0.437. The van der Waals surface area contributed by atoms with E-state index in [2.05, 4.69) is 20.9 Å². The summed E-state index contributed by atoms with van der Waals surface area (Å²) in [6, 6.07) is 14.9. The van der Waals surface area contributed by atoms with Crippen LogP contribution in [0.25, 0.3) is 22.6 Å². The van der Waals surface area contributed by atoms with E-state index in [1.54, 1.807) is 0 Å². The Bertz CT molecular complexity index is 673. The maximum absolute atomic E-state index is 5.91. The molecule has 1 aromatic heterocycles. The average molecular weight is 369 g/mol. The second-order valence-corrected chi connectivity index (χ2v) is 5.71. The molecule has 0 atom stereocenters. The molecule has 20 heavy (non-hydrogen) atoms. The van der Waals surface area contributed by atoms with Gasteiger partial charge in [-0.25, -0.2) is 4.98 Å². The smallest absolute Gasteiger partial charge is 0.265 e. The molecule has 100 valence electrons. The fourth-order valence-corrected chi connectivity index (χ4v) is 2.49. The van der Waals surface area contributed by atoms with E-state index in [0.717, 1.165) is 16.8 Å². The Morgan fingerprint density at radius 3 is 1.85 bits per heavy atom. The minimum atomic E-state index is 0.437. The van der Waals surface area contributed by atoms with Crippen LogP contribution in [0.15, 0.2) is 57.7 Å². The first kappa shape index (κ1) is 13.7. The second-order valence-electron chi connectivity index (χ2n) is 4.16. The SMILES string of the molecule is Clc1ccc(-c2nc(Br)oc2-c2ccc(Cl)cc2)cc1. The molecule has 0 spiro atoms. The first-order valence-corrected chi connectivity index (χ1v) is 7.36. The molecule has 0 amide bonds. The van der Waals surface area contributed by atoms with Crippen molar-refractivity contribution in [3.63, 3.8) is 0 Å². The zero-order valence-electron chi connectivity index (χ0n) is 10.1. The number of hydrogen-bond acceptors (Lipinski definition) is 2. The van der Waals surface area contributed by atoms with Crippen LogP contribution in [0.1, 0.15) is 0 Å².